The molecule has 0 aliphatic rings. The molecule has 0 N–H and O–H groups in total. The number of rotatable bonds is 5. The van der Waals surface area contributed by atoms with Crippen LogP contribution in [-0.2, 0) is 7.05 Å². The molecule has 0 aromatic carbocycles. The lowest BCUT2D eigenvalue weighted by atomic mass is 10.2. The monoisotopic (exact) mass is 368 g/mol. The van der Waals surface area contributed by atoms with E-state index in [9.17, 15) is 0 Å². The van der Waals surface area contributed by atoms with E-state index in [0.29, 0.717) is 23.4 Å². The fourth-order valence-electron chi connectivity index (χ4n) is 2.44. The Kier molecular flexibility index (Phi) is 4.29. The second-order valence-corrected chi connectivity index (χ2v) is 7.04. The van der Waals surface area contributed by atoms with E-state index in [-0.39, 0.29) is 5.25 Å². The van der Waals surface area contributed by atoms with E-state index in [1.807, 2.05) is 49.7 Å². The molecule has 4 rings (SSSR count). The quantitative estimate of drug-likeness (QED) is 0.492. The molecule has 0 fully saturated rings. The maximum absolute atomic E-state index is 5.83. The van der Waals surface area contributed by atoms with Crippen LogP contribution in [0.3, 0.4) is 0 Å². The van der Waals surface area contributed by atoms with E-state index in [4.69, 9.17) is 8.83 Å². The molecule has 0 saturated heterocycles. The van der Waals surface area contributed by atoms with Crippen molar-refractivity contribution in [1.82, 2.24) is 29.9 Å². The number of furan rings is 1. The Bertz CT molecular complexity index is 1020. The van der Waals surface area contributed by atoms with Crippen LogP contribution in [0.4, 0.5) is 0 Å². The van der Waals surface area contributed by atoms with Gasteiger partial charge in [0.15, 0.2) is 16.7 Å². The zero-order valence-corrected chi connectivity index (χ0v) is 15.3. The average molecular weight is 368 g/mol. The lowest BCUT2D eigenvalue weighted by Crippen LogP contribution is -1.96. The number of thioether (sulfide) groups is 1. The van der Waals surface area contributed by atoms with E-state index >= 15 is 0 Å². The van der Waals surface area contributed by atoms with Gasteiger partial charge in [-0.25, -0.2) is 0 Å². The van der Waals surface area contributed by atoms with Gasteiger partial charge in [0.05, 0.1) is 11.5 Å². The molecule has 4 aromatic heterocycles. The zero-order chi connectivity index (χ0) is 18.1. The highest BCUT2D eigenvalue weighted by Crippen LogP contribution is 2.35. The fraction of sp³-hybridized carbons (Fsp3) is 0.235. The van der Waals surface area contributed by atoms with Gasteiger partial charge in [0.2, 0.25) is 11.8 Å². The summed E-state index contributed by atoms with van der Waals surface area (Å²) >= 11 is 1.49. The minimum atomic E-state index is -0.0773. The Hall–Kier alpha value is -2.94. The van der Waals surface area contributed by atoms with Crippen molar-refractivity contribution in [1.29, 1.82) is 0 Å². The molecule has 26 heavy (non-hydrogen) atoms. The maximum Gasteiger partial charge on any atom is 0.247 e. The van der Waals surface area contributed by atoms with Gasteiger partial charge in [-0.2, -0.15) is 0 Å². The standard InChI is InChI=1S/C17H16N6O2S/c1-10-9-12(6-7-18-10)16-21-20-15(25-16)11(2)26-17-22-19-14(23(17)3)13-5-4-8-24-13/h4-9,11H,1-3H3. The summed E-state index contributed by atoms with van der Waals surface area (Å²) in [6.45, 7) is 3.91. The van der Waals surface area contributed by atoms with Crippen LogP contribution in [0.15, 0.2) is 50.7 Å². The van der Waals surface area contributed by atoms with E-state index < -0.39 is 0 Å². The molecule has 0 spiro atoms. The summed E-state index contributed by atoms with van der Waals surface area (Å²) < 4.78 is 13.1. The SMILES string of the molecule is Cc1cc(-c2nnc(C(C)Sc3nnc(-c4ccco4)n3C)o2)ccn1. The second-order valence-electron chi connectivity index (χ2n) is 5.73. The third kappa shape index (κ3) is 3.13. The largest absolute Gasteiger partial charge is 0.461 e. The normalized spacial score (nSPS) is 12.4. The van der Waals surface area contributed by atoms with E-state index in [1.54, 1.807) is 12.5 Å². The lowest BCUT2D eigenvalue weighted by molar-refractivity contribution is 0.508. The summed E-state index contributed by atoms with van der Waals surface area (Å²) in [6, 6.07) is 7.43. The summed E-state index contributed by atoms with van der Waals surface area (Å²) in [5.74, 6) is 2.35. The molecular formula is C17H16N6O2S. The molecule has 8 nitrogen and oxygen atoms in total. The Balaban J connectivity index is 1.53. The molecule has 132 valence electrons. The van der Waals surface area contributed by atoms with Gasteiger partial charge >= 0.3 is 0 Å². The first-order valence-electron chi connectivity index (χ1n) is 7.98. The number of pyridine rings is 1. The topological polar surface area (TPSA) is 95.7 Å². The van der Waals surface area contributed by atoms with Gasteiger partial charge in [-0.05, 0) is 38.1 Å². The molecule has 1 atom stereocenters. The highest BCUT2D eigenvalue weighted by atomic mass is 32.2. The van der Waals surface area contributed by atoms with Crippen molar-refractivity contribution in [2.45, 2.75) is 24.3 Å². The number of aromatic nitrogens is 6. The number of nitrogens with zero attached hydrogens (tertiary/aromatic N) is 6. The van der Waals surface area contributed by atoms with Crippen molar-refractivity contribution >= 4 is 11.8 Å². The first kappa shape index (κ1) is 16.5. The molecule has 0 bridgehead atoms. The van der Waals surface area contributed by atoms with Crippen molar-refractivity contribution in [3.63, 3.8) is 0 Å². The lowest BCUT2D eigenvalue weighted by Gasteiger charge is -2.06. The minimum Gasteiger partial charge on any atom is -0.461 e. The number of hydrogen-bond acceptors (Lipinski definition) is 8. The van der Waals surface area contributed by atoms with Crippen LogP contribution in [0.5, 0.6) is 0 Å². The molecule has 9 heteroatoms. The van der Waals surface area contributed by atoms with Crippen LogP contribution in [0.1, 0.15) is 23.8 Å². The molecule has 0 amide bonds. The van der Waals surface area contributed by atoms with Crippen LogP contribution in [0.25, 0.3) is 23.0 Å². The molecule has 0 aliphatic heterocycles. The Morgan fingerprint density at radius 1 is 1.15 bits per heavy atom. The van der Waals surface area contributed by atoms with Crippen LogP contribution < -0.4 is 0 Å². The first-order chi connectivity index (χ1) is 12.6. The second kappa shape index (κ2) is 6.75. The van der Waals surface area contributed by atoms with Crippen molar-refractivity contribution in [3.8, 4) is 23.0 Å². The maximum atomic E-state index is 5.83. The fourth-order valence-corrected chi connectivity index (χ4v) is 3.29. The minimum absolute atomic E-state index is 0.0773. The molecule has 1 unspecified atom stereocenters. The molecule has 0 aliphatic carbocycles. The summed E-state index contributed by atoms with van der Waals surface area (Å²) in [6.07, 6.45) is 3.34. The van der Waals surface area contributed by atoms with Gasteiger partial charge in [-0.3, -0.25) is 4.98 Å². The van der Waals surface area contributed by atoms with E-state index in [2.05, 4.69) is 25.4 Å². The summed E-state index contributed by atoms with van der Waals surface area (Å²) in [4.78, 5) is 4.18. The Morgan fingerprint density at radius 3 is 2.81 bits per heavy atom. The van der Waals surface area contributed by atoms with Crippen LogP contribution in [-0.4, -0.2) is 29.9 Å². The summed E-state index contributed by atoms with van der Waals surface area (Å²) in [5, 5.41) is 17.4. The predicted molar refractivity (Wildman–Crippen MR) is 95.2 cm³/mol. The zero-order valence-electron chi connectivity index (χ0n) is 14.4. The summed E-state index contributed by atoms with van der Waals surface area (Å²) in [5.41, 5.74) is 1.75. The number of hydrogen-bond donors (Lipinski definition) is 0. The predicted octanol–water partition coefficient (Wildman–Crippen LogP) is 3.68. The molecule has 0 saturated carbocycles. The molecule has 4 heterocycles. The molecular weight excluding hydrogens is 352 g/mol. The van der Waals surface area contributed by atoms with Crippen LogP contribution >= 0.6 is 11.8 Å². The van der Waals surface area contributed by atoms with Crippen LogP contribution in [0.2, 0.25) is 0 Å². The summed E-state index contributed by atoms with van der Waals surface area (Å²) in [7, 11) is 1.89. The highest BCUT2D eigenvalue weighted by molar-refractivity contribution is 7.99. The smallest absolute Gasteiger partial charge is 0.247 e. The van der Waals surface area contributed by atoms with Crippen molar-refractivity contribution in [3.05, 3.63) is 48.3 Å². The van der Waals surface area contributed by atoms with E-state index in [1.165, 1.54) is 11.8 Å². The third-order valence-electron chi connectivity index (χ3n) is 3.79. The molecule has 0 radical (unpaired) electrons. The highest BCUT2D eigenvalue weighted by Gasteiger charge is 2.21. The van der Waals surface area contributed by atoms with Crippen molar-refractivity contribution in [2.24, 2.45) is 7.05 Å². The van der Waals surface area contributed by atoms with Crippen molar-refractivity contribution in [2.75, 3.05) is 0 Å². The Morgan fingerprint density at radius 2 is 2.04 bits per heavy atom. The van der Waals surface area contributed by atoms with Gasteiger partial charge in [-0.1, -0.05) is 11.8 Å². The van der Waals surface area contributed by atoms with Gasteiger partial charge in [0.25, 0.3) is 0 Å². The molecule has 4 aromatic rings. The van der Waals surface area contributed by atoms with Gasteiger partial charge in [0, 0.05) is 24.5 Å². The first-order valence-corrected chi connectivity index (χ1v) is 8.86. The van der Waals surface area contributed by atoms with Gasteiger partial charge in [0.1, 0.15) is 0 Å². The third-order valence-corrected chi connectivity index (χ3v) is 4.91. The van der Waals surface area contributed by atoms with Gasteiger partial charge in [-0.15, -0.1) is 20.4 Å². The average Bonchev–Trinajstić information content (AvgIpc) is 3.36. The van der Waals surface area contributed by atoms with Crippen molar-refractivity contribution < 1.29 is 8.83 Å². The number of aryl methyl sites for hydroxylation is 1. The van der Waals surface area contributed by atoms with Crippen LogP contribution in [0, 0.1) is 6.92 Å². The Labute approximate surface area is 153 Å². The van der Waals surface area contributed by atoms with Gasteiger partial charge < -0.3 is 13.4 Å². The van der Waals surface area contributed by atoms with E-state index in [0.717, 1.165) is 16.4 Å².